The maximum atomic E-state index is 13.2. The monoisotopic (exact) mass is 288 g/mol. The van der Waals surface area contributed by atoms with Crippen LogP contribution in [0.1, 0.15) is 32.8 Å². The van der Waals surface area contributed by atoms with Crippen molar-refractivity contribution < 1.29 is 9.50 Å². The average molecular weight is 289 g/mol. The minimum Gasteiger partial charge on any atom is -0.390 e. The summed E-state index contributed by atoms with van der Waals surface area (Å²) in [6, 6.07) is 4.73. The Morgan fingerprint density at radius 1 is 1.38 bits per heavy atom. The van der Waals surface area contributed by atoms with E-state index < -0.39 is 5.60 Å². The standard InChI is InChI=1S/C13H18BrFO/c1-9(2)7-13(3,16)8-10-4-11(14)6-12(15)5-10/h4-6,9,16H,7-8H2,1-3H3. The van der Waals surface area contributed by atoms with Gasteiger partial charge in [0.15, 0.2) is 0 Å². The summed E-state index contributed by atoms with van der Waals surface area (Å²) in [6.07, 6.45) is 1.18. The minimum absolute atomic E-state index is 0.273. The van der Waals surface area contributed by atoms with Crippen LogP contribution in [0.2, 0.25) is 0 Å². The van der Waals surface area contributed by atoms with E-state index in [4.69, 9.17) is 0 Å². The third kappa shape index (κ3) is 4.62. The van der Waals surface area contributed by atoms with Gasteiger partial charge in [-0.25, -0.2) is 4.39 Å². The number of aliphatic hydroxyl groups is 1. The van der Waals surface area contributed by atoms with Crippen molar-refractivity contribution in [3.63, 3.8) is 0 Å². The number of benzene rings is 1. The first-order valence-corrected chi connectivity index (χ1v) is 6.25. The fraction of sp³-hybridized carbons (Fsp3) is 0.538. The van der Waals surface area contributed by atoms with Gasteiger partial charge in [-0.1, -0.05) is 29.8 Å². The van der Waals surface area contributed by atoms with Crippen LogP contribution in [-0.4, -0.2) is 10.7 Å². The molecule has 0 aliphatic rings. The van der Waals surface area contributed by atoms with Crippen molar-refractivity contribution in [1.29, 1.82) is 0 Å². The molecule has 0 heterocycles. The summed E-state index contributed by atoms with van der Waals surface area (Å²) in [4.78, 5) is 0. The van der Waals surface area contributed by atoms with Crippen LogP contribution in [0, 0.1) is 11.7 Å². The Kier molecular flexibility index (Phi) is 4.51. The molecule has 1 N–H and O–H groups in total. The molecule has 0 bridgehead atoms. The smallest absolute Gasteiger partial charge is 0.124 e. The van der Waals surface area contributed by atoms with Crippen molar-refractivity contribution >= 4 is 15.9 Å². The molecule has 0 radical (unpaired) electrons. The SMILES string of the molecule is CC(C)CC(C)(O)Cc1cc(F)cc(Br)c1. The molecule has 1 rings (SSSR count). The lowest BCUT2D eigenvalue weighted by molar-refractivity contribution is 0.0388. The molecule has 3 heteroatoms. The molecule has 1 aromatic rings. The highest BCUT2D eigenvalue weighted by atomic mass is 79.9. The number of rotatable bonds is 4. The molecule has 0 saturated heterocycles. The largest absolute Gasteiger partial charge is 0.390 e. The molecule has 1 nitrogen and oxygen atoms in total. The first kappa shape index (κ1) is 13.7. The first-order valence-electron chi connectivity index (χ1n) is 5.46. The molecule has 0 aromatic heterocycles. The Morgan fingerprint density at radius 2 is 2.00 bits per heavy atom. The van der Waals surface area contributed by atoms with Crippen LogP contribution >= 0.6 is 15.9 Å². The number of hydrogen-bond donors (Lipinski definition) is 1. The van der Waals surface area contributed by atoms with Gasteiger partial charge in [0.1, 0.15) is 5.82 Å². The summed E-state index contributed by atoms with van der Waals surface area (Å²) in [7, 11) is 0. The van der Waals surface area contributed by atoms with Crippen molar-refractivity contribution in [2.24, 2.45) is 5.92 Å². The second-order valence-electron chi connectivity index (χ2n) is 5.05. The summed E-state index contributed by atoms with van der Waals surface area (Å²) in [5.74, 6) is 0.150. The summed E-state index contributed by atoms with van der Waals surface area (Å²) < 4.78 is 13.9. The molecule has 1 unspecified atom stereocenters. The van der Waals surface area contributed by atoms with Gasteiger partial charge in [-0.15, -0.1) is 0 Å². The Balaban J connectivity index is 2.79. The molecule has 0 amide bonds. The normalized spacial score (nSPS) is 15.2. The van der Waals surface area contributed by atoms with Crippen molar-refractivity contribution in [3.05, 3.63) is 34.1 Å². The summed E-state index contributed by atoms with van der Waals surface area (Å²) in [5, 5.41) is 10.2. The van der Waals surface area contributed by atoms with E-state index in [0.717, 1.165) is 5.56 Å². The predicted molar refractivity (Wildman–Crippen MR) is 67.9 cm³/mol. The molecule has 0 spiro atoms. The van der Waals surface area contributed by atoms with E-state index in [1.807, 2.05) is 6.07 Å². The van der Waals surface area contributed by atoms with Gasteiger partial charge in [-0.2, -0.15) is 0 Å². The number of hydrogen-bond acceptors (Lipinski definition) is 1. The highest BCUT2D eigenvalue weighted by Gasteiger charge is 2.22. The summed E-state index contributed by atoms with van der Waals surface area (Å²) in [6.45, 7) is 5.93. The molecule has 1 atom stereocenters. The Labute approximate surface area is 105 Å². The average Bonchev–Trinajstić information content (AvgIpc) is 1.95. The minimum atomic E-state index is -0.776. The van der Waals surface area contributed by atoms with E-state index in [1.54, 1.807) is 6.92 Å². The van der Waals surface area contributed by atoms with Gasteiger partial charge in [-0.05, 0) is 43.0 Å². The Hall–Kier alpha value is -0.410. The van der Waals surface area contributed by atoms with Crippen molar-refractivity contribution in [3.8, 4) is 0 Å². The molecule has 0 aliphatic carbocycles. The zero-order chi connectivity index (χ0) is 12.3. The van der Waals surface area contributed by atoms with Gasteiger partial charge < -0.3 is 5.11 Å². The molecule has 16 heavy (non-hydrogen) atoms. The maximum absolute atomic E-state index is 13.2. The van der Waals surface area contributed by atoms with Gasteiger partial charge in [0, 0.05) is 10.9 Å². The fourth-order valence-electron chi connectivity index (χ4n) is 2.10. The first-order chi connectivity index (χ1) is 7.28. The molecule has 0 saturated carbocycles. The quantitative estimate of drug-likeness (QED) is 0.890. The van der Waals surface area contributed by atoms with Gasteiger partial charge in [-0.3, -0.25) is 0 Å². The molecular weight excluding hydrogens is 271 g/mol. The van der Waals surface area contributed by atoms with Crippen LogP contribution in [0.4, 0.5) is 4.39 Å². The predicted octanol–water partition coefficient (Wildman–Crippen LogP) is 3.93. The highest BCUT2D eigenvalue weighted by molar-refractivity contribution is 9.10. The van der Waals surface area contributed by atoms with Crippen LogP contribution in [0.3, 0.4) is 0 Å². The van der Waals surface area contributed by atoms with Crippen molar-refractivity contribution in [2.45, 2.75) is 39.2 Å². The molecule has 1 aromatic carbocycles. The molecule has 0 fully saturated rings. The maximum Gasteiger partial charge on any atom is 0.124 e. The Bertz CT molecular complexity index is 341. The van der Waals surface area contributed by atoms with Crippen LogP contribution in [0.15, 0.2) is 22.7 Å². The van der Waals surface area contributed by atoms with Gasteiger partial charge >= 0.3 is 0 Å². The van der Waals surface area contributed by atoms with E-state index >= 15 is 0 Å². The second-order valence-corrected chi connectivity index (χ2v) is 5.97. The molecule has 90 valence electrons. The van der Waals surface area contributed by atoms with Crippen LogP contribution in [0.25, 0.3) is 0 Å². The lowest BCUT2D eigenvalue weighted by Crippen LogP contribution is -2.29. The number of halogens is 2. The Morgan fingerprint density at radius 3 is 2.50 bits per heavy atom. The highest BCUT2D eigenvalue weighted by Crippen LogP contribution is 2.23. The zero-order valence-corrected chi connectivity index (χ0v) is 11.5. The lowest BCUT2D eigenvalue weighted by Gasteiger charge is -2.25. The van der Waals surface area contributed by atoms with E-state index in [9.17, 15) is 9.50 Å². The van der Waals surface area contributed by atoms with Gasteiger partial charge in [0.25, 0.3) is 0 Å². The van der Waals surface area contributed by atoms with E-state index in [2.05, 4.69) is 29.8 Å². The van der Waals surface area contributed by atoms with Crippen molar-refractivity contribution in [1.82, 2.24) is 0 Å². The van der Waals surface area contributed by atoms with Crippen molar-refractivity contribution in [2.75, 3.05) is 0 Å². The lowest BCUT2D eigenvalue weighted by atomic mass is 9.88. The molecular formula is C13H18BrFO. The topological polar surface area (TPSA) is 20.2 Å². The van der Waals surface area contributed by atoms with E-state index in [0.29, 0.717) is 23.2 Å². The van der Waals surface area contributed by atoms with Crippen LogP contribution < -0.4 is 0 Å². The summed E-state index contributed by atoms with van der Waals surface area (Å²) in [5.41, 5.74) is 0.0408. The summed E-state index contributed by atoms with van der Waals surface area (Å²) >= 11 is 3.25. The van der Waals surface area contributed by atoms with Crippen LogP contribution in [-0.2, 0) is 6.42 Å². The van der Waals surface area contributed by atoms with Crippen LogP contribution in [0.5, 0.6) is 0 Å². The third-order valence-electron chi connectivity index (χ3n) is 2.36. The second kappa shape index (κ2) is 5.28. The third-order valence-corrected chi connectivity index (χ3v) is 2.81. The molecule has 0 aliphatic heterocycles. The van der Waals surface area contributed by atoms with Gasteiger partial charge in [0.05, 0.1) is 5.60 Å². The van der Waals surface area contributed by atoms with Gasteiger partial charge in [0.2, 0.25) is 0 Å². The zero-order valence-electron chi connectivity index (χ0n) is 9.93. The van der Waals surface area contributed by atoms with E-state index in [1.165, 1.54) is 12.1 Å². The van der Waals surface area contributed by atoms with E-state index in [-0.39, 0.29) is 5.82 Å². The fourth-order valence-corrected chi connectivity index (χ4v) is 2.62.